The molecule has 1 aliphatic heterocycles. The van der Waals surface area contributed by atoms with E-state index in [1.807, 2.05) is 12.1 Å². The molecule has 1 aromatic carbocycles. The van der Waals surface area contributed by atoms with Gasteiger partial charge in [-0.1, -0.05) is 31.1 Å². The van der Waals surface area contributed by atoms with E-state index in [-0.39, 0.29) is 38.6 Å². The number of allylic oxidation sites excluding steroid dienone is 2. The Morgan fingerprint density at radius 2 is 2.06 bits per heavy atom. The molecule has 0 saturated carbocycles. The summed E-state index contributed by atoms with van der Waals surface area (Å²) in [7, 11) is 0. The summed E-state index contributed by atoms with van der Waals surface area (Å²) in [5.41, 5.74) is 3.34. The number of nitrogens with zero attached hydrogens (tertiary/aromatic N) is 1. The van der Waals surface area contributed by atoms with Crippen molar-refractivity contribution in [3.63, 3.8) is 0 Å². The van der Waals surface area contributed by atoms with Crippen LogP contribution < -0.4 is 5.32 Å². The summed E-state index contributed by atoms with van der Waals surface area (Å²) in [6.07, 6.45) is 9.28. The predicted octanol–water partition coefficient (Wildman–Crippen LogP) is 2.46. The van der Waals surface area contributed by atoms with Crippen LogP contribution >= 0.6 is 0 Å². The average molecular weight is 308 g/mol. The molecule has 18 heavy (non-hydrogen) atoms. The molecule has 2 rings (SSSR count). The maximum Gasteiger partial charge on any atom is 0.0990 e. The maximum atomic E-state index is 8.72. The van der Waals surface area contributed by atoms with Crippen LogP contribution in [0, 0.1) is 35.7 Å². The van der Waals surface area contributed by atoms with Crippen molar-refractivity contribution < 1.29 is 32.7 Å². The fourth-order valence-electron chi connectivity index (χ4n) is 1.66. The van der Waals surface area contributed by atoms with Gasteiger partial charge < -0.3 is 5.32 Å². The standard InChI is InChI=1S/C15H11N2.Y/c1-3-13-8-9-15(17-11(13)2)14-6-4-12(10-16)5-7-14;/h1,4-7,13,17H,2,8H2;/q-1;. The smallest absolute Gasteiger partial charge is 0.0990 e. The third-order valence-electron chi connectivity index (χ3n) is 2.69. The Labute approximate surface area is 133 Å². The molecule has 3 heteroatoms. The van der Waals surface area contributed by atoms with Crippen molar-refractivity contribution in [3.05, 3.63) is 53.7 Å². The zero-order chi connectivity index (χ0) is 12.3. The normalized spacial score (nSPS) is 17.6. The number of benzene rings is 1. The summed E-state index contributed by atoms with van der Waals surface area (Å²) in [5, 5.41) is 11.9. The third-order valence-corrected chi connectivity index (χ3v) is 2.69. The number of rotatable bonds is 1. The summed E-state index contributed by atoms with van der Waals surface area (Å²) < 4.78 is 0. The van der Waals surface area contributed by atoms with Gasteiger partial charge in [-0.25, -0.2) is 6.08 Å². The molecule has 1 aromatic rings. The molecule has 0 fully saturated rings. The van der Waals surface area contributed by atoms with Gasteiger partial charge in [0.1, 0.15) is 0 Å². The maximum absolute atomic E-state index is 8.72. The van der Waals surface area contributed by atoms with Gasteiger partial charge in [0.2, 0.25) is 0 Å². The first kappa shape index (κ1) is 14.7. The Morgan fingerprint density at radius 3 is 2.56 bits per heavy atom. The van der Waals surface area contributed by atoms with E-state index in [2.05, 4.69) is 30.0 Å². The van der Waals surface area contributed by atoms with E-state index >= 15 is 0 Å². The molecular formula is C15H11N2Y-. The second kappa shape index (κ2) is 6.55. The summed E-state index contributed by atoms with van der Waals surface area (Å²) in [6, 6.07) is 9.42. The van der Waals surface area contributed by atoms with Crippen LogP contribution in [0.5, 0.6) is 0 Å². The van der Waals surface area contributed by atoms with Crippen LogP contribution in [0.3, 0.4) is 0 Å². The average Bonchev–Trinajstić information content (AvgIpc) is 2.39. The van der Waals surface area contributed by atoms with Crippen LogP contribution in [0.4, 0.5) is 0 Å². The van der Waals surface area contributed by atoms with Crippen LogP contribution in [0.2, 0.25) is 0 Å². The zero-order valence-corrected chi connectivity index (χ0v) is 12.7. The number of hydrogen-bond acceptors (Lipinski definition) is 2. The zero-order valence-electron chi connectivity index (χ0n) is 9.90. The molecule has 1 atom stereocenters. The van der Waals surface area contributed by atoms with Gasteiger partial charge in [-0.05, 0) is 0 Å². The molecule has 1 heterocycles. The Morgan fingerprint density at radius 1 is 1.39 bits per heavy atom. The van der Waals surface area contributed by atoms with Crippen LogP contribution in [0.25, 0.3) is 5.70 Å². The van der Waals surface area contributed by atoms with Gasteiger partial charge in [-0.2, -0.15) is 10.8 Å². The number of hydrogen-bond donors (Lipinski definition) is 1. The minimum Gasteiger partial charge on any atom is -0.393 e. The first-order chi connectivity index (χ1) is 8.24. The molecule has 0 amide bonds. The van der Waals surface area contributed by atoms with E-state index in [1.54, 1.807) is 12.1 Å². The molecule has 85 valence electrons. The molecule has 0 aliphatic carbocycles. The van der Waals surface area contributed by atoms with Crippen LogP contribution in [0.1, 0.15) is 17.5 Å². The summed E-state index contributed by atoms with van der Waals surface area (Å²) >= 11 is 0. The molecule has 1 radical (unpaired) electrons. The molecule has 0 aromatic heterocycles. The second-order valence-electron chi connectivity index (χ2n) is 3.81. The quantitative estimate of drug-likeness (QED) is 0.639. The molecule has 1 unspecified atom stereocenters. The van der Waals surface area contributed by atoms with Crippen molar-refractivity contribution in [1.82, 2.24) is 5.32 Å². The monoisotopic (exact) mass is 308 g/mol. The van der Waals surface area contributed by atoms with Gasteiger partial charge in [-0.15, -0.1) is 24.3 Å². The van der Waals surface area contributed by atoms with E-state index < -0.39 is 0 Å². The van der Waals surface area contributed by atoms with Crippen LogP contribution in [0.15, 0.2) is 36.5 Å². The summed E-state index contributed by atoms with van der Waals surface area (Å²) in [4.78, 5) is 0. The van der Waals surface area contributed by atoms with Gasteiger partial charge in [-0.3, -0.25) is 0 Å². The van der Waals surface area contributed by atoms with E-state index in [0.717, 1.165) is 17.0 Å². The van der Waals surface area contributed by atoms with Gasteiger partial charge in [0.25, 0.3) is 0 Å². The van der Waals surface area contributed by atoms with Crippen molar-refractivity contribution in [3.8, 4) is 18.4 Å². The van der Waals surface area contributed by atoms with Gasteiger partial charge in [0.15, 0.2) is 0 Å². The molecule has 0 saturated heterocycles. The Bertz CT molecular complexity index is 556. The Hall–Kier alpha value is -1.35. The molecule has 1 aliphatic rings. The molecule has 0 spiro atoms. The van der Waals surface area contributed by atoms with Crippen LogP contribution in [-0.4, -0.2) is 0 Å². The summed E-state index contributed by atoms with van der Waals surface area (Å²) in [6.45, 7) is 3.91. The van der Waals surface area contributed by atoms with E-state index in [9.17, 15) is 0 Å². The molecule has 1 N–H and O–H groups in total. The predicted molar refractivity (Wildman–Crippen MR) is 67.0 cm³/mol. The topological polar surface area (TPSA) is 35.8 Å². The van der Waals surface area contributed by atoms with Crippen molar-refractivity contribution in [2.75, 3.05) is 0 Å². The summed E-state index contributed by atoms with van der Waals surface area (Å²) in [5.74, 6) is 2.67. The SMILES string of the molecule is C#CC1C[C-]=C(c2ccc(C#N)cc2)NC1=C.[Y]. The molecular weight excluding hydrogens is 297 g/mol. The number of nitriles is 1. The van der Waals surface area contributed by atoms with E-state index in [4.69, 9.17) is 11.7 Å². The van der Waals surface area contributed by atoms with Gasteiger partial charge in [0.05, 0.1) is 6.07 Å². The Kier molecular flexibility index (Phi) is 5.35. The van der Waals surface area contributed by atoms with E-state index in [1.165, 1.54) is 0 Å². The van der Waals surface area contributed by atoms with E-state index in [0.29, 0.717) is 12.0 Å². The Balaban J connectivity index is 0.00000162. The van der Waals surface area contributed by atoms with Crippen molar-refractivity contribution in [2.24, 2.45) is 5.92 Å². The van der Waals surface area contributed by atoms with Crippen LogP contribution in [-0.2, 0) is 32.7 Å². The van der Waals surface area contributed by atoms with Crippen molar-refractivity contribution in [1.29, 1.82) is 5.26 Å². The van der Waals surface area contributed by atoms with Crippen molar-refractivity contribution >= 4 is 5.70 Å². The van der Waals surface area contributed by atoms with Gasteiger partial charge in [0, 0.05) is 49.9 Å². The third kappa shape index (κ3) is 3.11. The fourth-order valence-corrected chi connectivity index (χ4v) is 1.66. The molecule has 0 bridgehead atoms. The van der Waals surface area contributed by atoms with Crippen molar-refractivity contribution in [2.45, 2.75) is 6.42 Å². The largest absolute Gasteiger partial charge is 0.393 e. The molecule has 2 nitrogen and oxygen atoms in total. The van der Waals surface area contributed by atoms with Gasteiger partial charge >= 0.3 is 0 Å². The number of nitrogens with one attached hydrogen (secondary N) is 1. The first-order valence-electron chi connectivity index (χ1n) is 5.28. The second-order valence-corrected chi connectivity index (χ2v) is 3.81. The first-order valence-corrected chi connectivity index (χ1v) is 5.28. The fraction of sp³-hybridized carbons (Fsp3) is 0.133. The minimum absolute atomic E-state index is 0. The minimum atomic E-state index is 0. The number of terminal acetylenes is 1.